The van der Waals surface area contributed by atoms with Crippen LogP contribution in [0.3, 0.4) is 0 Å². The fourth-order valence-electron chi connectivity index (χ4n) is 15.1. The van der Waals surface area contributed by atoms with Gasteiger partial charge in [-0.1, -0.05) is 176 Å². The second kappa shape index (κ2) is 17.5. The number of anilines is 5. The summed E-state index contributed by atoms with van der Waals surface area (Å²) in [5.74, 6) is 1.32. The summed E-state index contributed by atoms with van der Waals surface area (Å²) in [6.07, 6.45) is 21.2. The highest BCUT2D eigenvalue weighted by atomic mass is 16.3. The molecule has 0 radical (unpaired) electrons. The van der Waals surface area contributed by atoms with Crippen LogP contribution in [0, 0.1) is 0 Å². The lowest BCUT2D eigenvalue weighted by atomic mass is 9.92. The molecule has 0 aliphatic heterocycles. The van der Waals surface area contributed by atoms with Gasteiger partial charge in [0.1, 0.15) is 11.2 Å². The first kappa shape index (κ1) is 46.1. The maximum Gasteiger partial charge on any atom is 0.159 e. The zero-order chi connectivity index (χ0) is 54.7. The molecule has 396 valence electrons. The standard InChI is InChI=1S/C78H52N4O2/c1-3-17-47(18-4-1)49-33-37-51(38-34-49)79(67-29-15-25-57-53-21-9-13-31-71(53)83-77(57)67)65-43-41-55-61-45-70-62(46-69(61)81-63-27-11-7-23-59(63)73(65)75(55)81)56-42-44-66(74-60-24-8-12-28-64(60)82(70)76(56)74)80(52-39-35-50(36-40-52)48-19-5-2-6-20-48)68-30-16-26-58-54-22-10-14-32-72(54)84-78(58)68/h1-7,9-11,13-15,17-19,21-25,27-46,48H,8,12,16,20,26H2. The number of hydrogen-bond donors (Lipinski definition) is 0. The molecule has 6 heteroatoms. The van der Waals surface area contributed by atoms with Crippen molar-refractivity contribution in [3.05, 3.63) is 264 Å². The number of nitrogens with zero attached hydrogens (tertiary/aromatic N) is 4. The Hall–Kier alpha value is -10.6. The van der Waals surface area contributed by atoms with Crippen molar-refractivity contribution in [1.29, 1.82) is 0 Å². The van der Waals surface area contributed by atoms with Gasteiger partial charge in [0.05, 0.1) is 50.3 Å². The zero-order valence-electron chi connectivity index (χ0n) is 45.9. The summed E-state index contributed by atoms with van der Waals surface area (Å²) < 4.78 is 19.0. The van der Waals surface area contributed by atoms with Crippen molar-refractivity contribution in [2.75, 3.05) is 9.80 Å². The topological polar surface area (TPSA) is 41.6 Å². The van der Waals surface area contributed by atoms with E-state index < -0.39 is 0 Å². The molecule has 6 aromatic heterocycles. The van der Waals surface area contributed by atoms with Gasteiger partial charge in [-0.15, -0.1) is 0 Å². The Labute approximate surface area is 482 Å². The lowest BCUT2D eigenvalue weighted by molar-refractivity contribution is 0.588. The van der Waals surface area contributed by atoms with E-state index in [1.807, 2.05) is 0 Å². The van der Waals surface area contributed by atoms with E-state index in [4.69, 9.17) is 8.83 Å². The summed E-state index contributed by atoms with van der Waals surface area (Å²) in [7, 11) is 0. The number of rotatable bonds is 8. The van der Waals surface area contributed by atoms with Crippen LogP contribution in [0.2, 0.25) is 0 Å². The van der Waals surface area contributed by atoms with Gasteiger partial charge in [-0.3, -0.25) is 0 Å². The van der Waals surface area contributed by atoms with Gasteiger partial charge < -0.3 is 27.4 Å². The monoisotopic (exact) mass is 1080 g/mol. The third-order valence-electron chi connectivity index (χ3n) is 18.8. The summed E-state index contributed by atoms with van der Waals surface area (Å²) in [6.45, 7) is 0. The zero-order valence-corrected chi connectivity index (χ0v) is 45.9. The molecule has 10 aromatic carbocycles. The van der Waals surface area contributed by atoms with Crippen LogP contribution in [0.25, 0.3) is 127 Å². The fraction of sp³-hybridized carbons (Fsp3) is 0.0769. The van der Waals surface area contributed by atoms with Crippen molar-refractivity contribution in [1.82, 2.24) is 8.80 Å². The van der Waals surface area contributed by atoms with E-state index in [0.717, 1.165) is 99.5 Å². The predicted molar refractivity (Wildman–Crippen MR) is 350 cm³/mol. The highest BCUT2D eigenvalue weighted by Crippen LogP contribution is 2.52. The van der Waals surface area contributed by atoms with Crippen molar-refractivity contribution in [2.24, 2.45) is 0 Å². The Bertz CT molecular complexity index is 5650. The van der Waals surface area contributed by atoms with Gasteiger partial charge >= 0.3 is 0 Å². The molecular formula is C78H52N4O2. The molecule has 19 rings (SSSR count). The lowest BCUT2D eigenvalue weighted by Gasteiger charge is -2.30. The van der Waals surface area contributed by atoms with E-state index in [0.29, 0.717) is 5.92 Å². The molecule has 0 amide bonds. The minimum absolute atomic E-state index is 0.358. The highest BCUT2D eigenvalue weighted by Gasteiger charge is 2.32. The number of benzene rings is 10. The second-order valence-electron chi connectivity index (χ2n) is 23.2. The van der Waals surface area contributed by atoms with E-state index in [-0.39, 0.29) is 0 Å². The minimum Gasteiger partial charge on any atom is -0.454 e. The first-order valence-corrected chi connectivity index (χ1v) is 29.6. The van der Waals surface area contributed by atoms with Crippen LogP contribution < -0.4 is 20.4 Å². The second-order valence-corrected chi connectivity index (χ2v) is 23.2. The van der Waals surface area contributed by atoms with Gasteiger partial charge in [-0.2, -0.15) is 0 Å². The van der Waals surface area contributed by atoms with Crippen molar-refractivity contribution >= 4 is 144 Å². The number of aryl methyl sites for hydroxylation is 1. The Kier molecular flexibility index (Phi) is 9.59. The molecule has 0 fully saturated rings. The van der Waals surface area contributed by atoms with Gasteiger partial charge in [0.25, 0.3) is 0 Å². The van der Waals surface area contributed by atoms with Crippen LogP contribution in [-0.2, 0) is 6.42 Å². The quantitative estimate of drug-likeness (QED) is 0.152. The fourth-order valence-corrected chi connectivity index (χ4v) is 15.1. The molecule has 1 atom stereocenters. The number of aromatic nitrogens is 2. The Morgan fingerprint density at radius 1 is 0.429 bits per heavy atom. The molecule has 84 heavy (non-hydrogen) atoms. The maximum atomic E-state index is 6.94. The molecule has 16 aromatic rings. The van der Waals surface area contributed by atoms with Gasteiger partial charge in [-0.25, -0.2) is 0 Å². The van der Waals surface area contributed by atoms with E-state index in [9.17, 15) is 0 Å². The first-order chi connectivity index (χ1) is 41.7. The highest BCUT2D eigenvalue weighted by molar-refractivity contribution is 6.30. The molecule has 3 aliphatic rings. The molecule has 3 aliphatic carbocycles. The van der Waals surface area contributed by atoms with Gasteiger partial charge in [-0.05, 0) is 122 Å². The van der Waals surface area contributed by atoms with Crippen LogP contribution >= 0.6 is 0 Å². The van der Waals surface area contributed by atoms with Crippen molar-refractivity contribution in [3.8, 4) is 11.1 Å². The largest absolute Gasteiger partial charge is 0.454 e. The average molecular weight is 1080 g/mol. The normalized spacial score (nSPS) is 15.2. The van der Waals surface area contributed by atoms with Crippen LogP contribution in [0.15, 0.2) is 245 Å². The van der Waals surface area contributed by atoms with E-state index in [2.05, 4.69) is 267 Å². The van der Waals surface area contributed by atoms with Crippen LogP contribution in [0.5, 0.6) is 0 Å². The van der Waals surface area contributed by atoms with E-state index >= 15 is 0 Å². The molecule has 6 nitrogen and oxygen atoms in total. The molecule has 0 saturated heterocycles. The molecule has 6 heterocycles. The molecule has 0 saturated carbocycles. The third kappa shape index (κ3) is 6.39. The van der Waals surface area contributed by atoms with Crippen molar-refractivity contribution < 1.29 is 8.83 Å². The summed E-state index contributed by atoms with van der Waals surface area (Å²) in [5.41, 5.74) is 20.3. The molecule has 1 unspecified atom stereocenters. The van der Waals surface area contributed by atoms with Crippen LogP contribution in [0.1, 0.15) is 48.5 Å². The number of allylic oxidation sites excluding steroid dienone is 5. The summed E-state index contributed by atoms with van der Waals surface area (Å²) >= 11 is 0. The Morgan fingerprint density at radius 2 is 1.08 bits per heavy atom. The average Bonchev–Trinajstić information content (AvgIpc) is 1.61. The molecule has 0 N–H and O–H groups in total. The Balaban J connectivity index is 0.849. The number of furan rings is 2. The van der Waals surface area contributed by atoms with E-state index in [1.165, 1.54) is 103 Å². The third-order valence-corrected chi connectivity index (χ3v) is 18.8. The lowest BCUT2D eigenvalue weighted by Crippen LogP contribution is -2.28. The summed E-state index contributed by atoms with van der Waals surface area (Å²) in [4.78, 5) is 4.95. The van der Waals surface area contributed by atoms with Crippen molar-refractivity contribution in [3.63, 3.8) is 0 Å². The summed E-state index contributed by atoms with van der Waals surface area (Å²) in [6, 6.07) is 76.1. The molecule has 0 bridgehead atoms. The Morgan fingerprint density at radius 3 is 1.88 bits per heavy atom. The molecule has 0 spiro atoms. The van der Waals surface area contributed by atoms with Gasteiger partial charge in [0.15, 0.2) is 11.3 Å². The smallest absolute Gasteiger partial charge is 0.159 e. The van der Waals surface area contributed by atoms with Crippen molar-refractivity contribution in [2.45, 2.75) is 38.0 Å². The van der Waals surface area contributed by atoms with E-state index in [1.54, 1.807) is 0 Å². The predicted octanol–water partition coefficient (Wildman–Crippen LogP) is 19.7. The van der Waals surface area contributed by atoms with Crippen LogP contribution in [-0.4, -0.2) is 8.80 Å². The van der Waals surface area contributed by atoms with Crippen LogP contribution in [0.4, 0.5) is 28.4 Å². The van der Waals surface area contributed by atoms with Gasteiger partial charge in [0.2, 0.25) is 0 Å². The number of fused-ring (bicyclic) bond motifs is 18. The minimum atomic E-state index is 0.358. The number of hydrogen-bond acceptors (Lipinski definition) is 4. The SMILES string of the molecule is C1=CCC(c2ccc(N(C3=CCCc4c3oc3ccccc43)c3ccc4c5cc6c(cc5n5c7c(c3c45)=CCCC=7)c3ccc(N(c4ccc(-c5ccccc5)cc4)c4cccc5c4oc4ccccc45)c4c5ccccc5n6c34)cc2)C=C1. The summed E-state index contributed by atoms with van der Waals surface area (Å²) in [5, 5.41) is 14.7. The maximum absolute atomic E-state index is 6.94. The first-order valence-electron chi connectivity index (χ1n) is 29.6. The number of para-hydroxylation sites is 4. The molecular weight excluding hydrogens is 1020 g/mol. The van der Waals surface area contributed by atoms with Gasteiger partial charge in [0, 0.05) is 87.3 Å².